The smallest absolute Gasteiger partial charge is 0.241 e. The lowest BCUT2D eigenvalue weighted by Gasteiger charge is -2.34. The van der Waals surface area contributed by atoms with Gasteiger partial charge in [-0.25, -0.2) is 4.98 Å². The first kappa shape index (κ1) is 26.2. The van der Waals surface area contributed by atoms with Gasteiger partial charge < -0.3 is 29.7 Å². The molecular weight excluding hydrogens is 482 g/mol. The molecule has 1 N–H and O–H groups in total. The van der Waals surface area contributed by atoms with E-state index in [1.54, 1.807) is 25.3 Å². The summed E-state index contributed by atoms with van der Waals surface area (Å²) in [6, 6.07) is 4.29. The number of rotatable bonds is 6. The summed E-state index contributed by atoms with van der Waals surface area (Å²) in [5.74, 6) is 2.00. The molecule has 0 unspecified atom stereocenters. The maximum atomic E-state index is 13.3. The van der Waals surface area contributed by atoms with Crippen LogP contribution in [0.15, 0.2) is 18.3 Å². The molecule has 0 bridgehead atoms. The fourth-order valence-electron chi connectivity index (χ4n) is 5.94. The van der Waals surface area contributed by atoms with Gasteiger partial charge in [0.15, 0.2) is 5.82 Å². The lowest BCUT2D eigenvalue weighted by Crippen LogP contribution is -2.45. The molecule has 1 fully saturated rings. The van der Waals surface area contributed by atoms with Crippen LogP contribution in [0.3, 0.4) is 0 Å². The molecule has 38 heavy (non-hydrogen) atoms. The topological polar surface area (TPSA) is 94.1 Å². The van der Waals surface area contributed by atoms with Gasteiger partial charge in [-0.2, -0.15) is 4.98 Å². The van der Waals surface area contributed by atoms with Crippen molar-refractivity contribution in [1.29, 1.82) is 0 Å². The lowest BCUT2D eigenvalue weighted by molar-refractivity contribution is -0.125. The van der Waals surface area contributed by atoms with E-state index in [0.29, 0.717) is 43.1 Å². The second-order valence-electron chi connectivity index (χ2n) is 11.6. The average molecular weight is 522 g/mol. The van der Waals surface area contributed by atoms with Crippen molar-refractivity contribution >= 4 is 40.6 Å². The number of amides is 2. The van der Waals surface area contributed by atoms with Crippen molar-refractivity contribution in [2.24, 2.45) is 5.41 Å². The number of nitrogens with zero attached hydrogens (tertiary/aromatic N) is 6. The zero-order valence-corrected chi connectivity index (χ0v) is 23.4. The Hall–Kier alpha value is -3.40. The first-order valence-electron chi connectivity index (χ1n) is 13.4. The van der Waals surface area contributed by atoms with Gasteiger partial charge in [0.05, 0.1) is 31.0 Å². The Balaban J connectivity index is 1.51. The van der Waals surface area contributed by atoms with E-state index in [2.05, 4.69) is 15.2 Å². The van der Waals surface area contributed by atoms with E-state index in [0.717, 1.165) is 42.0 Å². The van der Waals surface area contributed by atoms with E-state index in [1.165, 1.54) is 12.8 Å². The van der Waals surface area contributed by atoms with Gasteiger partial charge in [0, 0.05) is 31.9 Å². The van der Waals surface area contributed by atoms with Crippen LogP contribution in [-0.4, -0.2) is 80.6 Å². The van der Waals surface area contributed by atoms with Crippen molar-refractivity contribution in [3.63, 3.8) is 0 Å². The highest BCUT2D eigenvalue weighted by Crippen LogP contribution is 2.42. The minimum atomic E-state index is -0.544. The quantitative estimate of drug-likeness (QED) is 0.618. The molecular formula is C28H39N7O3. The molecule has 2 aromatic rings. The largest absolute Gasteiger partial charge is 0.495 e. The van der Waals surface area contributed by atoms with Gasteiger partial charge in [0.1, 0.15) is 11.4 Å². The summed E-state index contributed by atoms with van der Waals surface area (Å²) in [6.45, 7) is 5.61. The zero-order chi connectivity index (χ0) is 27.2. The zero-order valence-electron chi connectivity index (χ0n) is 23.4. The number of methoxy groups -OCH3 is 1. The van der Waals surface area contributed by atoms with Gasteiger partial charge in [0.25, 0.3) is 0 Å². The molecule has 2 aliphatic heterocycles. The number of hydrogen-bond donors (Lipinski definition) is 1. The van der Waals surface area contributed by atoms with Gasteiger partial charge >= 0.3 is 0 Å². The predicted octanol–water partition coefficient (Wildman–Crippen LogP) is 3.43. The summed E-state index contributed by atoms with van der Waals surface area (Å²) in [5.41, 5.74) is 2.84. The lowest BCUT2D eigenvalue weighted by atomic mass is 9.91. The van der Waals surface area contributed by atoms with Crippen LogP contribution in [0.4, 0.5) is 28.8 Å². The van der Waals surface area contributed by atoms with Gasteiger partial charge in [-0.1, -0.05) is 12.8 Å². The van der Waals surface area contributed by atoms with Crippen LogP contribution in [0.25, 0.3) is 0 Å². The second kappa shape index (κ2) is 10.1. The third-order valence-corrected chi connectivity index (χ3v) is 7.89. The molecule has 2 amide bonds. The Labute approximate surface area is 225 Å². The van der Waals surface area contributed by atoms with Crippen molar-refractivity contribution in [2.45, 2.75) is 52.0 Å². The third-order valence-electron chi connectivity index (χ3n) is 7.89. The molecule has 0 spiro atoms. The minimum Gasteiger partial charge on any atom is -0.495 e. The number of hydrogen-bond acceptors (Lipinski definition) is 8. The Morgan fingerprint density at radius 1 is 1.21 bits per heavy atom. The normalized spacial score (nSPS) is 19.0. The standard InChI is InChI=1S/C28H39N7O3/c1-28(2)17-35(19-9-7-8-10-19)25-22(33(5)26(28)37)15-29-27(31-25)30-20-14-21-18(13-23(20)38-6)11-12-34(21)24(36)16-32(3)4/h13-15,19H,7-12,16-17H2,1-6H3,(H,29,30,31). The highest BCUT2D eigenvalue weighted by atomic mass is 16.5. The predicted molar refractivity (Wildman–Crippen MR) is 150 cm³/mol. The van der Waals surface area contributed by atoms with Crippen LogP contribution >= 0.6 is 0 Å². The molecule has 0 atom stereocenters. The van der Waals surface area contributed by atoms with E-state index in [9.17, 15) is 9.59 Å². The third kappa shape index (κ3) is 4.77. The average Bonchev–Trinajstić information content (AvgIpc) is 3.54. The number of aromatic nitrogens is 2. The van der Waals surface area contributed by atoms with Gasteiger partial charge in [0.2, 0.25) is 17.8 Å². The molecule has 1 aromatic carbocycles. The first-order chi connectivity index (χ1) is 18.1. The van der Waals surface area contributed by atoms with Gasteiger partial charge in [-0.15, -0.1) is 0 Å². The summed E-state index contributed by atoms with van der Waals surface area (Å²) in [6.07, 6.45) is 7.08. The maximum Gasteiger partial charge on any atom is 0.241 e. The molecule has 10 nitrogen and oxygen atoms in total. The van der Waals surface area contributed by atoms with Crippen LogP contribution in [0.5, 0.6) is 5.75 Å². The number of benzene rings is 1. The van der Waals surface area contributed by atoms with Crippen molar-refractivity contribution < 1.29 is 14.3 Å². The molecule has 3 heterocycles. The molecule has 3 aliphatic rings. The number of carbonyl (C=O) groups is 2. The van der Waals surface area contributed by atoms with Crippen molar-refractivity contribution in [3.05, 3.63) is 23.9 Å². The number of fused-ring (bicyclic) bond motifs is 2. The number of likely N-dealkylation sites (N-methyl/N-ethyl adjacent to an activating group) is 1. The fraction of sp³-hybridized carbons (Fsp3) is 0.571. The summed E-state index contributed by atoms with van der Waals surface area (Å²) in [5, 5.41) is 3.36. The molecule has 10 heteroatoms. The summed E-state index contributed by atoms with van der Waals surface area (Å²) in [7, 11) is 7.23. The molecule has 1 aromatic heterocycles. The first-order valence-corrected chi connectivity index (χ1v) is 13.4. The van der Waals surface area contributed by atoms with Gasteiger partial charge in [-0.3, -0.25) is 9.59 Å². The van der Waals surface area contributed by atoms with Gasteiger partial charge in [-0.05, 0) is 64.9 Å². The Morgan fingerprint density at radius 2 is 1.95 bits per heavy atom. The molecule has 1 saturated carbocycles. The molecule has 5 rings (SSSR count). The van der Waals surface area contributed by atoms with Crippen molar-refractivity contribution in [2.75, 3.05) is 67.9 Å². The summed E-state index contributed by atoms with van der Waals surface area (Å²) < 4.78 is 5.70. The molecule has 0 radical (unpaired) electrons. The van der Waals surface area contributed by atoms with Crippen LogP contribution in [-0.2, 0) is 16.0 Å². The SMILES string of the molecule is COc1cc2c(cc1Nc1ncc3c(n1)N(C1CCCC1)CC(C)(C)C(=O)N3C)N(C(=O)CN(C)C)CC2. The second-order valence-corrected chi connectivity index (χ2v) is 11.6. The Kier molecular flexibility index (Phi) is 6.94. The Bertz CT molecular complexity index is 1240. The maximum absolute atomic E-state index is 13.3. The van der Waals surface area contributed by atoms with E-state index in [1.807, 2.05) is 49.9 Å². The van der Waals surface area contributed by atoms with Crippen LogP contribution in [0.1, 0.15) is 45.1 Å². The summed E-state index contributed by atoms with van der Waals surface area (Å²) in [4.78, 5) is 43.5. The highest BCUT2D eigenvalue weighted by molar-refractivity contribution is 6.01. The van der Waals surface area contributed by atoms with E-state index < -0.39 is 5.41 Å². The monoisotopic (exact) mass is 521 g/mol. The Morgan fingerprint density at radius 3 is 2.63 bits per heavy atom. The van der Waals surface area contributed by atoms with Crippen molar-refractivity contribution in [1.82, 2.24) is 14.9 Å². The van der Waals surface area contributed by atoms with Crippen molar-refractivity contribution in [3.8, 4) is 5.75 Å². The fourth-order valence-corrected chi connectivity index (χ4v) is 5.94. The van der Waals surface area contributed by atoms with E-state index in [4.69, 9.17) is 9.72 Å². The molecule has 1 aliphatic carbocycles. The minimum absolute atomic E-state index is 0.0614. The number of nitrogens with one attached hydrogen (secondary N) is 1. The van der Waals surface area contributed by atoms with Crippen LogP contribution in [0, 0.1) is 5.41 Å². The van der Waals surface area contributed by atoms with E-state index in [-0.39, 0.29) is 11.8 Å². The highest BCUT2D eigenvalue weighted by Gasteiger charge is 2.41. The molecule has 204 valence electrons. The number of anilines is 5. The number of carbonyl (C=O) groups excluding carboxylic acids is 2. The summed E-state index contributed by atoms with van der Waals surface area (Å²) >= 11 is 0. The number of ether oxygens (including phenoxy) is 1. The van der Waals surface area contributed by atoms with Crippen LogP contribution in [0.2, 0.25) is 0 Å². The van der Waals surface area contributed by atoms with Crippen LogP contribution < -0.4 is 24.8 Å². The van der Waals surface area contributed by atoms with E-state index >= 15 is 0 Å². The molecule has 0 saturated heterocycles.